The summed E-state index contributed by atoms with van der Waals surface area (Å²) in [6, 6.07) is 16.1. The van der Waals surface area contributed by atoms with Crippen molar-refractivity contribution < 1.29 is 4.79 Å². The molecule has 0 aliphatic heterocycles. The van der Waals surface area contributed by atoms with E-state index < -0.39 is 11.2 Å². The Morgan fingerprint density at radius 1 is 1.00 bits per heavy atom. The zero-order valence-electron chi connectivity index (χ0n) is 19.7. The van der Waals surface area contributed by atoms with E-state index in [4.69, 9.17) is 11.6 Å². The second-order valence-corrected chi connectivity index (χ2v) is 9.07. The van der Waals surface area contributed by atoms with Gasteiger partial charge in [0.15, 0.2) is 17.0 Å². The molecule has 0 aliphatic rings. The van der Waals surface area contributed by atoms with Crippen LogP contribution in [-0.4, -0.2) is 48.3 Å². The van der Waals surface area contributed by atoms with E-state index in [2.05, 4.69) is 4.98 Å². The number of nitrogens with zero attached hydrogens (tertiary/aromatic N) is 6. The Morgan fingerprint density at radius 2 is 1.71 bits per heavy atom. The van der Waals surface area contributed by atoms with Crippen LogP contribution in [0.2, 0.25) is 5.02 Å². The van der Waals surface area contributed by atoms with Crippen LogP contribution < -0.4 is 11.2 Å². The van der Waals surface area contributed by atoms with Gasteiger partial charge < -0.3 is 9.47 Å². The van der Waals surface area contributed by atoms with Crippen LogP contribution in [0.15, 0.2) is 64.2 Å². The molecule has 2 aromatic carbocycles. The van der Waals surface area contributed by atoms with E-state index in [0.29, 0.717) is 22.1 Å². The van der Waals surface area contributed by atoms with Gasteiger partial charge in [0.1, 0.15) is 0 Å². The lowest BCUT2D eigenvalue weighted by Crippen LogP contribution is -2.39. The molecule has 10 heteroatoms. The third-order valence-corrected chi connectivity index (χ3v) is 6.35. The molecule has 0 radical (unpaired) electrons. The molecule has 0 unspecified atom stereocenters. The summed E-state index contributed by atoms with van der Waals surface area (Å²) < 4.78 is 5.73. The molecule has 0 atom stereocenters. The highest BCUT2D eigenvalue weighted by Crippen LogP contribution is 2.31. The number of halogens is 1. The van der Waals surface area contributed by atoms with Crippen molar-refractivity contribution in [1.29, 1.82) is 0 Å². The first-order valence-corrected chi connectivity index (χ1v) is 11.3. The maximum absolute atomic E-state index is 13.5. The summed E-state index contributed by atoms with van der Waals surface area (Å²) in [5, 5.41) is 1.29. The van der Waals surface area contributed by atoms with Gasteiger partial charge in [-0.3, -0.25) is 18.5 Å². The summed E-state index contributed by atoms with van der Waals surface area (Å²) in [5.74, 6) is 0.382. The molecular formula is C25H23ClN6O3. The van der Waals surface area contributed by atoms with Crippen molar-refractivity contribution in [2.24, 2.45) is 14.1 Å². The van der Waals surface area contributed by atoms with Crippen LogP contribution in [0.25, 0.3) is 33.6 Å². The Morgan fingerprint density at radius 3 is 2.40 bits per heavy atom. The number of aryl methyl sites for hydroxylation is 2. The van der Waals surface area contributed by atoms with E-state index >= 15 is 0 Å². The number of hydrogen-bond acceptors (Lipinski definition) is 4. The predicted octanol–water partition coefficient (Wildman–Crippen LogP) is 3.29. The molecule has 5 rings (SSSR count). The normalized spacial score (nSPS) is 11.5. The molecule has 178 valence electrons. The lowest BCUT2D eigenvalue weighted by molar-refractivity contribution is 0.220. The number of amides is 1. The first-order valence-electron chi connectivity index (χ1n) is 10.9. The number of benzene rings is 2. The van der Waals surface area contributed by atoms with Gasteiger partial charge in [0.2, 0.25) is 0 Å². The SMILES string of the molecule is CN(C)C(=O)n1c(-c2nc3c(c(=O)n(Cc4ccccc4)c(=O)n3C)n2C)cc2cc(Cl)ccc21. The second kappa shape index (κ2) is 8.28. The highest BCUT2D eigenvalue weighted by atomic mass is 35.5. The molecule has 0 aliphatic carbocycles. The van der Waals surface area contributed by atoms with Crippen molar-refractivity contribution >= 4 is 39.7 Å². The zero-order valence-corrected chi connectivity index (χ0v) is 20.4. The van der Waals surface area contributed by atoms with Crippen LogP contribution in [-0.2, 0) is 20.6 Å². The van der Waals surface area contributed by atoms with Gasteiger partial charge in [-0.05, 0) is 29.8 Å². The molecule has 0 N–H and O–H groups in total. The summed E-state index contributed by atoms with van der Waals surface area (Å²) in [4.78, 5) is 45.9. The fourth-order valence-electron chi connectivity index (χ4n) is 4.33. The van der Waals surface area contributed by atoms with Crippen molar-refractivity contribution in [2.75, 3.05) is 14.1 Å². The van der Waals surface area contributed by atoms with Gasteiger partial charge in [-0.1, -0.05) is 41.9 Å². The fourth-order valence-corrected chi connectivity index (χ4v) is 4.52. The number of carbonyl (C=O) groups excluding carboxylic acids is 1. The molecule has 3 aromatic heterocycles. The van der Waals surface area contributed by atoms with Crippen molar-refractivity contribution in [3.05, 3.63) is 86.0 Å². The maximum atomic E-state index is 13.5. The average Bonchev–Trinajstić information content (AvgIpc) is 3.37. The fraction of sp³-hybridized carbons (Fsp3) is 0.200. The Balaban J connectivity index is 1.80. The topological polar surface area (TPSA) is 87.1 Å². The minimum atomic E-state index is -0.465. The van der Waals surface area contributed by atoms with Crippen molar-refractivity contribution in [3.63, 3.8) is 0 Å². The number of carbonyl (C=O) groups is 1. The number of imidazole rings is 1. The third-order valence-electron chi connectivity index (χ3n) is 6.11. The van der Waals surface area contributed by atoms with E-state index in [9.17, 15) is 14.4 Å². The summed E-state index contributed by atoms with van der Waals surface area (Å²) in [5.41, 5.74) is 1.58. The minimum Gasteiger partial charge on any atom is -0.330 e. The Kier molecular flexibility index (Phi) is 5.36. The smallest absolute Gasteiger partial charge is 0.330 e. The van der Waals surface area contributed by atoms with Crippen LogP contribution in [0.4, 0.5) is 4.79 Å². The predicted molar refractivity (Wildman–Crippen MR) is 136 cm³/mol. The average molecular weight is 491 g/mol. The van der Waals surface area contributed by atoms with Crippen LogP contribution >= 0.6 is 11.6 Å². The highest BCUT2D eigenvalue weighted by Gasteiger charge is 2.25. The Bertz CT molecular complexity index is 1740. The standard InChI is InChI=1S/C25H23ClN6O3/c1-28(2)24(34)32-18-11-10-17(26)12-16(18)13-19(32)21-27-22-20(29(21)3)23(33)31(25(35)30(22)4)14-15-8-6-5-7-9-15/h5-13H,14H2,1-4H3. The molecule has 5 aromatic rings. The van der Waals surface area contributed by atoms with Gasteiger partial charge in [-0.2, -0.15) is 0 Å². The Labute approximate surface area is 205 Å². The van der Waals surface area contributed by atoms with Crippen LogP contribution in [0, 0.1) is 0 Å². The second-order valence-electron chi connectivity index (χ2n) is 8.63. The van der Waals surface area contributed by atoms with Crippen molar-refractivity contribution in [3.8, 4) is 11.5 Å². The molecule has 0 saturated carbocycles. The van der Waals surface area contributed by atoms with Gasteiger partial charge in [0.25, 0.3) is 5.56 Å². The number of hydrogen-bond donors (Lipinski definition) is 0. The summed E-state index contributed by atoms with van der Waals surface area (Å²) in [7, 11) is 6.62. The zero-order chi connectivity index (χ0) is 25.0. The van der Waals surface area contributed by atoms with Gasteiger partial charge in [-0.15, -0.1) is 0 Å². The summed E-state index contributed by atoms with van der Waals surface area (Å²) in [6.07, 6.45) is 0. The van der Waals surface area contributed by atoms with Crippen LogP contribution in [0.1, 0.15) is 5.56 Å². The first-order chi connectivity index (χ1) is 16.7. The molecule has 0 bridgehead atoms. The molecular weight excluding hydrogens is 468 g/mol. The summed E-state index contributed by atoms with van der Waals surface area (Å²) >= 11 is 6.20. The molecule has 1 amide bonds. The molecule has 35 heavy (non-hydrogen) atoms. The number of rotatable bonds is 3. The lowest BCUT2D eigenvalue weighted by Gasteiger charge is -2.15. The maximum Gasteiger partial charge on any atom is 0.332 e. The van der Waals surface area contributed by atoms with Crippen molar-refractivity contribution in [1.82, 2.24) is 28.2 Å². The van der Waals surface area contributed by atoms with E-state index in [1.165, 1.54) is 18.6 Å². The summed E-state index contributed by atoms with van der Waals surface area (Å²) in [6.45, 7) is 0.140. The monoisotopic (exact) mass is 490 g/mol. The van der Waals surface area contributed by atoms with Crippen LogP contribution in [0.3, 0.4) is 0 Å². The van der Waals surface area contributed by atoms with Crippen LogP contribution in [0.5, 0.6) is 0 Å². The number of aromatic nitrogens is 5. The van der Waals surface area contributed by atoms with Gasteiger partial charge >= 0.3 is 11.7 Å². The van der Waals surface area contributed by atoms with E-state index in [-0.39, 0.29) is 23.7 Å². The van der Waals surface area contributed by atoms with Crippen molar-refractivity contribution in [2.45, 2.75) is 6.54 Å². The van der Waals surface area contributed by atoms with Gasteiger partial charge in [0.05, 0.1) is 17.8 Å². The molecule has 9 nitrogen and oxygen atoms in total. The van der Waals surface area contributed by atoms with E-state index in [1.807, 2.05) is 36.4 Å². The quantitative estimate of drug-likeness (QED) is 0.388. The van der Waals surface area contributed by atoms with E-state index in [1.54, 1.807) is 51.0 Å². The highest BCUT2D eigenvalue weighted by molar-refractivity contribution is 6.31. The molecule has 3 heterocycles. The number of fused-ring (bicyclic) bond motifs is 2. The molecule has 0 saturated heterocycles. The molecule has 0 fully saturated rings. The Hall–Kier alpha value is -4.11. The lowest BCUT2D eigenvalue weighted by atomic mass is 10.2. The van der Waals surface area contributed by atoms with Gasteiger partial charge in [-0.25, -0.2) is 14.6 Å². The largest absolute Gasteiger partial charge is 0.332 e. The minimum absolute atomic E-state index is 0.140. The third kappa shape index (κ3) is 3.55. The molecule has 0 spiro atoms. The van der Waals surface area contributed by atoms with Gasteiger partial charge in [0, 0.05) is 38.6 Å². The first kappa shape index (κ1) is 22.7. The van der Waals surface area contributed by atoms with E-state index in [0.717, 1.165) is 10.9 Å².